The van der Waals surface area contributed by atoms with Crippen LogP contribution in [0.15, 0.2) is 36.4 Å². The van der Waals surface area contributed by atoms with Gasteiger partial charge in [0.2, 0.25) is 5.78 Å². The van der Waals surface area contributed by atoms with Crippen LogP contribution in [0.1, 0.15) is 53.5 Å². The van der Waals surface area contributed by atoms with Crippen LogP contribution in [0.5, 0.6) is 0 Å². The number of nitrogens with zero attached hydrogens (tertiary/aromatic N) is 1. The summed E-state index contributed by atoms with van der Waals surface area (Å²) in [6.07, 6.45) is 1.28. The lowest BCUT2D eigenvalue weighted by Crippen LogP contribution is -2.34. The number of aliphatic carboxylic acids is 1. The summed E-state index contributed by atoms with van der Waals surface area (Å²) in [7, 11) is 0. The molecule has 3 N–H and O–H groups in total. The van der Waals surface area contributed by atoms with Crippen molar-refractivity contribution in [2.24, 2.45) is 5.73 Å². The highest BCUT2D eigenvalue weighted by molar-refractivity contribution is 6.08. The lowest BCUT2D eigenvalue weighted by Gasteiger charge is -2.23. The first kappa shape index (κ1) is 19.3. The molecule has 0 saturated heterocycles. The maximum absolute atomic E-state index is 12.8. The second-order valence-electron chi connectivity index (χ2n) is 7.56. The van der Waals surface area contributed by atoms with Crippen LogP contribution in [0.25, 0.3) is 0 Å². The van der Waals surface area contributed by atoms with Crippen molar-refractivity contribution in [1.82, 2.24) is 4.57 Å². The molecule has 0 aliphatic carbocycles. The predicted molar refractivity (Wildman–Crippen MR) is 102 cm³/mol. The highest BCUT2D eigenvalue weighted by atomic mass is 16.5. The minimum absolute atomic E-state index is 0.0839. The molecule has 6 nitrogen and oxygen atoms in total. The van der Waals surface area contributed by atoms with Gasteiger partial charge in [0.25, 0.3) is 0 Å². The lowest BCUT2D eigenvalue weighted by atomic mass is 10.0. The Morgan fingerprint density at radius 2 is 1.93 bits per heavy atom. The number of ketones is 1. The van der Waals surface area contributed by atoms with Crippen molar-refractivity contribution in [2.75, 3.05) is 13.2 Å². The van der Waals surface area contributed by atoms with Crippen LogP contribution < -0.4 is 5.73 Å². The first-order chi connectivity index (χ1) is 12.8. The number of carbonyl (C=O) groups excluding carboxylic acids is 1. The molecule has 1 aromatic carbocycles. The first-order valence-electron chi connectivity index (χ1n) is 9.22. The molecule has 6 heteroatoms. The molecule has 27 heavy (non-hydrogen) atoms. The molecular formula is C21H26N2O4. The molecule has 1 aliphatic heterocycles. The number of fused-ring (bicyclic) bond motifs is 1. The molecule has 1 atom stereocenters. The molecule has 1 aromatic heterocycles. The van der Waals surface area contributed by atoms with Crippen molar-refractivity contribution in [1.29, 1.82) is 0 Å². The summed E-state index contributed by atoms with van der Waals surface area (Å²) >= 11 is 0. The van der Waals surface area contributed by atoms with Crippen LogP contribution in [0, 0.1) is 0 Å². The second kappa shape index (κ2) is 7.66. The first-order valence-corrected chi connectivity index (χ1v) is 9.22. The standard InChI is InChI=1S/C21H26N2O4/c1-21(2,13-22)27-12-10-14-3-5-15(6-4-14)19(24)18-8-7-17-16(20(25)26)9-11-23(17)18/h3-8,16H,9-13,22H2,1-2H3,(H,25,26). The van der Waals surface area contributed by atoms with E-state index in [1.807, 2.05) is 42.7 Å². The van der Waals surface area contributed by atoms with Gasteiger partial charge in [-0.1, -0.05) is 24.3 Å². The lowest BCUT2D eigenvalue weighted by molar-refractivity contribution is -0.138. The van der Waals surface area contributed by atoms with Gasteiger partial charge in [-0.05, 0) is 44.4 Å². The quantitative estimate of drug-likeness (QED) is 0.697. The van der Waals surface area contributed by atoms with E-state index in [9.17, 15) is 14.7 Å². The number of carboxylic acids is 1. The molecule has 0 spiro atoms. The van der Waals surface area contributed by atoms with E-state index < -0.39 is 11.9 Å². The predicted octanol–water partition coefficient (Wildman–Crippen LogP) is 2.59. The largest absolute Gasteiger partial charge is 0.481 e. The van der Waals surface area contributed by atoms with Gasteiger partial charge in [0.1, 0.15) is 0 Å². The molecule has 0 fully saturated rings. The van der Waals surface area contributed by atoms with Crippen molar-refractivity contribution in [3.8, 4) is 0 Å². The summed E-state index contributed by atoms with van der Waals surface area (Å²) < 4.78 is 7.59. The fourth-order valence-corrected chi connectivity index (χ4v) is 3.37. The van der Waals surface area contributed by atoms with E-state index in [1.165, 1.54) is 0 Å². The molecule has 1 unspecified atom stereocenters. The topological polar surface area (TPSA) is 94.5 Å². The molecule has 0 bridgehead atoms. The summed E-state index contributed by atoms with van der Waals surface area (Å²) in [6, 6.07) is 11.0. The van der Waals surface area contributed by atoms with Crippen molar-refractivity contribution in [3.05, 3.63) is 58.9 Å². The Labute approximate surface area is 158 Å². The van der Waals surface area contributed by atoms with Gasteiger partial charge in [0.05, 0.1) is 23.8 Å². The van der Waals surface area contributed by atoms with Crippen LogP contribution >= 0.6 is 0 Å². The van der Waals surface area contributed by atoms with E-state index in [-0.39, 0.29) is 11.4 Å². The summed E-state index contributed by atoms with van der Waals surface area (Å²) in [5.74, 6) is -1.44. The molecule has 144 valence electrons. The average Bonchev–Trinajstić information content (AvgIpc) is 3.23. The minimum Gasteiger partial charge on any atom is -0.481 e. The molecule has 2 aromatic rings. The van der Waals surface area contributed by atoms with Crippen LogP contribution in [-0.2, 0) is 22.5 Å². The Hall–Kier alpha value is -2.44. The highest BCUT2D eigenvalue weighted by Gasteiger charge is 2.31. The van der Waals surface area contributed by atoms with Crippen LogP contribution in [-0.4, -0.2) is 40.2 Å². The molecule has 0 saturated carbocycles. The zero-order valence-electron chi connectivity index (χ0n) is 15.8. The number of hydrogen-bond donors (Lipinski definition) is 2. The van der Waals surface area contributed by atoms with Gasteiger partial charge in [-0.15, -0.1) is 0 Å². The van der Waals surface area contributed by atoms with Crippen LogP contribution in [0.3, 0.4) is 0 Å². The Morgan fingerprint density at radius 1 is 1.22 bits per heavy atom. The molecule has 1 aliphatic rings. The SMILES string of the molecule is CC(C)(CN)OCCc1ccc(C(=O)c2ccc3n2CCC3C(=O)O)cc1. The van der Waals surface area contributed by atoms with E-state index in [2.05, 4.69) is 0 Å². The Morgan fingerprint density at radius 3 is 2.56 bits per heavy atom. The molecule has 0 radical (unpaired) electrons. The summed E-state index contributed by atoms with van der Waals surface area (Å²) in [6.45, 7) is 5.51. The maximum atomic E-state index is 12.8. The monoisotopic (exact) mass is 370 g/mol. The van der Waals surface area contributed by atoms with Gasteiger partial charge in [0, 0.05) is 24.3 Å². The number of benzene rings is 1. The van der Waals surface area contributed by atoms with Crippen LogP contribution in [0.2, 0.25) is 0 Å². The summed E-state index contributed by atoms with van der Waals surface area (Å²) in [5.41, 5.74) is 8.27. The van der Waals surface area contributed by atoms with Crippen molar-refractivity contribution >= 4 is 11.8 Å². The molecular weight excluding hydrogens is 344 g/mol. The third-order valence-electron chi connectivity index (χ3n) is 5.13. The number of carbonyl (C=O) groups is 2. The Balaban J connectivity index is 1.67. The number of aromatic nitrogens is 1. The van der Waals surface area contributed by atoms with E-state index in [4.69, 9.17) is 10.5 Å². The van der Waals surface area contributed by atoms with Gasteiger partial charge in [-0.25, -0.2) is 0 Å². The second-order valence-corrected chi connectivity index (χ2v) is 7.56. The number of nitrogens with two attached hydrogens (primary N) is 1. The third kappa shape index (κ3) is 4.12. The number of hydrogen-bond acceptors (Lipinski definition) is 4. The molecule has 2 heterocycles. The number of rotatable bonds is 8. The Bertz CT molecular complexity index is 836. The zero-order valence-corrected chi connectivity index (χ0v) is 15.8. The summed E-state index contributed by atoms with van der Waals surface area (Å²) in [5, 5.41) is 9.28. The van der Waals surface area contributed by atoms with Gasteiger partial charge in [-0.3, -0.25) is 9.59 Å². The smallest absolute Gasteiger partial charge is 0.312 e. The minimum atomic E-state index is -0.838. The average molecular weight is 370 g/mol. The number of carboxylic acid groups (broad SMARTS) is 1. The van der Waals surface area contributed by atoms with Crippen LogP contribution in [0.4, 0.5) is 0 Å². The van der Waals surface area contributed by atoms with E-state index >= 15 is 0 Å². The zero-order chi connectivity index (χ0) is 19.6. The third-order valence-corrected chi connectivity index (χ3v) is 5.13. The van der Waals surface area contributed by atoms with Crippen molar-refractivity contribution in [3.63, 3.8) is 0 Å². The van der Waals surface area contributed by atoms with Gasteiger partial charge < -0.3 is 20.1 Å². The normalized spacial score (nSPS) is 16.3. The van der Waals surface area contributed by atoms with E-state index in [0.717, 1.165) is 12.0 Å². The van der Waals surface area contributed by atoms with Crippen molar-refractivity contribution in [2.45, 2.75) is 44.8 Å². The fourth-order valence-electron chi connectivity index (χ4n) is 3.37. The van der Waals surface area contributed by atoms with E-state index in [0.29, 0.717) is 43.1 Å². The van der Waals surface area contributed by atoms with E-state index in [1.54, 1.807) is 12.1 Å². The molecule has 3 rings (SSSR count). The summed E-state index contributed by atoms with van der Waals surface area (Å²) in [4.78, 5) is 24.1. The maximum Gasteiger partial charge on any atom is 0.312 e. The van der Waals surface area contributed by atoms with Crippen molar-refractivity contribution < 1.29 is 19.4 Å². The molecule has 0 amide bonds. The Kier molecular flexibility index (Phi) is 5.48. The van der Waals surface area contributed by atoms with Gasteiger partial charge in [-0.2, -0.15) is 0 Å². The fraction of sp³-hybridized carbons (Fsp3) is 0.429. The van der Waals surface area contributed by atoms with Gasteiger partial charge in [0.15, 0.2) is 0 Å². The number of ether oxygens (including phenoxy) is 1. The highest BCUT2D eigenvalue weighted by Crippen LogP contribution is 2.31. The van der Waals surface area contributed by atoms with Gasteiger partial charge >= 0.3 is 5.97 Å².